The molecule has 0 spiro atoms. The molecule has 0 radical (unpaired) electrons. The molecule has 0 amide bonds. The molecule has 7 heteroatoms. The second-order valence-electron chi connectivity index (χ2n) is 8.22. The lowest BCUT2D eigenvalue weighted by Gasteiger charge is -2.09. The van der Waals surface area contributed by atoms with Crippen LogP contribution >= 0.6 is 0 Å². The minimum Gasteiger partial charge on any atom is -0.478 e. The van der Waals surface area contributed by atoms with Crippen molar-refractivity contribution in [2.75, 3.05) is 5.32 Å². The standard InChI is InChI=1S/C25H24N4O3/c1-16-13-19(9-10-20(16)25(30)31)27-23-22-21(29(28-23)14-17-7-8-17)11-12-26-24(22)32-15-18-5-3-2-4-6-18/h2-6,9-13,17H,7-8,14-15H2,1H3,(H,27,28)(H,30,31). The van der Waals surface area contributed by atoms with Gasteiger partial charge < -0.3 is 15.2 Å². The van der Waals surface area contributed by atoms with Gasteiger partial charge in [0.15, 0.2) is 5.82 Å². The first-order valence-corrected chi connectivity index (χ1v) is 10.7. The van der Waals surface area contributed by atoms with Crippen LogP contribution in [0.5, 0.6) is 5.88 Å². The second-order valence-corrected chi connectivity index (χ2v) is 8.22. The third-order valence-corrected chi connectivity index (χ3v) is 5.70. The van der Waals surface area contributed by atoms with E-state index in [1.165, 1.54) is 12.8 Å². The largest absolute Gasteiger partial charge is 0.478 e. The summed E-state index contributed by atoms with van der Waals surface area (Å²) in [6, 6.07) is 17.1. The van der Waals surface area contributed by atoms with Crippen molar-refractivity contribution in [1.82, 2.24) is 14.8 Å². The van der Waals surface area contributed by atoms with Gasteiger partial charge in [0.25, 0.3) is 0 Å². The molecular weight excluding hydrogens is 404 g/mol. The Bertz CT molecular complexity index is 1280. The number of aryl methyl sites for hydroxylation is 1. The lowest BCUT2D eigenvalue weighted by atomic mass is 10.1. The van der Waals surface area contributed by atoms with Gasteiger partial charge >= 0.3 is 5.97 Å². The number of anilines is 2. The molecule has 1 aliphatic carbocycles. The van der Waals surface area contributed by atoms with Gasteiger partial charge in [0, 0.05) is 18.4 Å². The lowest BCUT2D eigenvalue weighted by molar-refractivity contribution is 0.0696. The Morgan fingerprint density at radius 3 is 2.72 bits per heavy atom. The average Bonchev–Trinajstić information content (AvgIpc) is 3.54. The van der Waals surface area contributed by atoms with Crippen molar-refractivity contribution in [3.63, 3.8) is 0 Å². The number of fused-ring (bicyclic) bond motifs is 1. The maximum absolute atomic E-state index is 11.4. The van der Waals surface area contributed by atoms with E-state index in [0.717, 1.165) is 28.7 Å². The van der Waals surface area contributed by atoms with E-state index in [0.29, 0.717) is 29.8 Å². The molecule has 7 nitrogen and oxygen atoms in total. The van der Waals surface area contributed by atoms with E-state index in [2.05, 4.69) is 10.3 Å². The van der Waals surface area contributed by atoms with E-state index < -0.39 is 5.97 Å². The minimum absolute atomic E-state index is 0.285. The molecule has 0 bridgehead atoms. The monoisotopic (exact) mass is 428 g/mol. The molecule has 5 rings (SSSR count). The molecule has 2 aromatic heterocycles. The summed E-state index contributed by atoms with van der Waals surface area (Å²) in [6.45, 7) is 3.05. The number of ether oxygens (including phenoxy) is 1. The molecule has 162 valence electrons. The highest BCUT2D eigenvalue weighted by Crippen LogP contribution is 2.36. The first-order chi connectivity index (χ1) is 15.6. The Hall–Kier alpha value is -3.87. The van der Waals surface area contributed by atoms with E-state index in [1.54, 1.807) is 25.3 Å². The fourth-order valence-corrected chi connectivity index (χ4v) is 3.82. The second kappa shape index (κ2) is 8.34. The number of nitrogens with zero attached hydrogens (tertiary/aromatic N) is 3. The zero-order valence-corrected chi connectivity index (χ0v) is 17.8. The van der Waals surface area contributed by atoms with Gasteiger partial charge in [-0.3, -0.25) is 4.68 Å². The molecular formula is C25H24N4O3. The zero-order valence-electron chi connectivity index (χ0n) is 17.8. The summed E-state index contributed by atoms with van der Waals surface area (Å²) >= 11 is 0. The van der Waals surface area contributed by atoms with Gasteiger partial charge in [-0.2, -0.15) is 5.10 Å². The molecule has 1 saturated carbocycles. The summed E-state index contributed by atoms with van der Waals surface area (Å²) in [5.41, 5.74) is 3.77. The lowest BCUT2D eigenvalue weighted by Crippen LogP contribution is -2.03. The van der Waals surface area contributed by atoms with E-state index in [4.69, 9.17) is 9.84 Å². The fourth-order valence-electron chi connectivity index (χ4n) is 3.82. The quantitative estimate of drug-likeness (QED) is 0.402. The van der Waals surface area contributed by atoms with Crippen molar-refractivity contribution >= 4 is 28.4 Å². The molecule has 0 unspecified atom stereocenters. The number of pyridine rings is 1. The summed E-state index contributed by atoms with van der Waals surface area (Å²) < 4.78 is 8.13. The Labute approximate surface area is 185 Å². The molecule has 0 aliphatic heterocycles. The number of hydrogen-bond acceptors (Lipinski definition) is 5. The number of carbonyl (C=O) groups is 1. The van der Waals surface area contributed by atoms with Crippen molar-refractivity contribution in [2.24, 2.45) is 5.92 Å². The summed E-state index contributed by atoms with van der Waals surface area (Å²) in [5.74, 6) is 0.896. The van der Waals surface area contributed by atoms with Crippen LogP contribution in [0.2, 0.25) is 0 Å². The van der Waals surface area contributed by atoms with Crippen LogP contribution in [0.25, 0.3) is 10.9 Å². The normalized spacial score (nSPS) is 13.3. The third kappa shape index (κ3) is 4.14. The number of aromatic carboxylic acids is 1. The van der Waals surface area contributed by atoms with Crippen molar-refractivity contribution < 1.29 is 14.6 Å². The van der Waals surface area contributed by atoms with Crippen LogP contribution in [0, 0.1) is 12.8 Å². The first kappa shape index (κ1) is 20.1. The Balaban J connectivity index is 1.51. The number of carboxylic acid groups (broad SMARTS) is 1. The number of nitrogens with one attached hydrogen (secondary N) is 1. The van der Waals surface area contributed by atoms with Crippen molar-refractivity contribution in [3.05, 3.63) is 77.5 Å². The number of aromatic nitrogens is 3. The highest BCUT2D eigenvalue weighted by molar-refractivity contribution is 5.96. The topological polar surface area (TPSA) is 89.3 Å². The molecule has 1 aliphatic rings. The average molecular weight is 428 g/mol. The van der Waals surface area contributed by atoms with Crippen LogP contribution in [0.3, 0.4) is 0 Å². The summed E-state index contributed by atoms with van der Waals surface area (Å²) in [6.07, 6.45) is 4.20. The molecule has 0 atom stereocenters. The molecule has 2 heterocycles. The van der Waals surface area contributed by atoms with Crippen molar-refractivity contribution in [1.29, 1.82) is 0 Å². The van der Waals surface area contributed by atoms with E-state index in [9.17, 15) is 9.90 Å². The van der Waals surface area contributed by atoms with Gasteiger partial charge in [0.1, 0.15) is 12.0 Å². The maximum Gasteiger partial charge on any atom is 0.335 e. The number of benzene rings is 2. The SMILES string of the molecule is Cc1cc(Nc2nn(CC3CC3)c3ccnc(OCc4ccccc4)c23)ccc1C(=O)O. The van der Waals surface area contributed by atoms with Gasteiger partial charge in [0.05, 0.1) is 11.1 Å². The first-order valence-electron chi connectivity index (χ1n) is 10.7. The molecule has 2 N–H and O–H groups in total. The van der Waals surface area contributed by atoms with Gasteiger partial charge in [-0.05, 0) is 61.1 Å². The Morgan fingerprint density at radius 1 is 1.19 bits per heavy atom. The van der Waals surface area contributed by atoms with E-state index in [-0.39, 0.29) is 5.56 Å². The molecule has 1 fully saturated rings. The number of rotatable bonds is 8. The number of hydrogen-bond donors (Lipinski definition) is 2. The molecule has 2 aromatic carbocycles. The smallest absolute Gasteiger partial charge is 0.335 e. The van der Waals surface area contributed by atoms with Gasteiger partial charge in [-0.25, -0.2) is 9.78 Å². The van der Waals surface area contributed by atoms with Crippen LogP contribution in [0.4, 0.5) is 11.5 Å². The predicted octanol–water partition coefficient (Wildman–Crippen LogP) is 5.17. The van der Waals surface area contributed by atoms with Crippen LogP contribution in [0.1, 0.15) is 34.3 Å². The number of carboxylic acids is 1. The Kier molecular flexibility index (Phi) is 5.23. The van der Waals surface area contributed by atoms with E-state index in [1.807, 2.05) is 47.1 Å². The van der Waals surface area contributed by atoms with E-state index >= 15 is 0 Å². The maximum atomic E-state index is 11.4. The van der Waals surface area contributed by atoms with Crippen molar-refractivity contribution in [2.45, 2.75) is 32.9 Å². The third-order valence-electron chi connectivity index (χ3n) is 5.70. The summed E-state index contributed by atoms with van der Waals surface area (Å²) in [4.78, 5) is 15.8. The van der Waals surface area contributed by atoms with Crippen LogP contribution < -0.4 is 10.1 Å². The summed E-state index contributed by atoms with van der Waals surface area (Å²) in [7, 11) is 0. The summed E-state index contributed by atoms with van der Waals surface area (Å²) in [5, 5.41) is 18.3. The molecule has 0 saturated heterocycles. The Morgan fingerprint density at radius 2 is 2.00 bits per heavy atom. The van der Waals surface area contributed by atoms with Gasteiger partial charge in [-0.1, -0.05) is 30.3 Å². The molecule has 4 aromatic rings. The molecule has 32 heavy (non-hydrogen) atoms. The minimum atomic E-state index is -0.936. The van der Waals surface area contributed by atoms with Crippen LogP contribution in [-0.2, 0) is 13.2 Å². The van der Waals surface area contributed by atoms with Gasteiger partial charge in [0.2, 0.25) is 5.88 Å². The highest BCUT2D eigenvalue weighted by Gasteiger charge is 2.25. The highest BCUT2D eigenvalue weighted by atomic mass is 16.5. The zero-order chi connectivity index (χ0) is 22.1. The predicted molar refractivity (Wildman–Crippen MR) is 122 cm³/mol. The van der Waals surface area contributed by atoms with Crippen LogP contribution in [0.15, 0.2) is 60.8 Å². The van der Waals surface area contributed by atoms with Gasteiger partial charge in [-0.15, -0.1) is 0 Å². The van der Waals surface area contributed by atoms with Crippen LogP contribution in [-0.4, -0.2) is 25.8 Å². The fraction of sp³-hybridized carbons (Fsp3) is 0.240. The van der Waals surface area contributed by atoms with Crippen molar-refractivity contribution in [3.8, 4) is 5.88 Å².